The first-order chi connectivity index (χ1) is 17.3. The van der Waals surface area contributed by atoms with Crippen LogP contribution in [0.1, 0.15) is 77.2 Å². The Morgan fingerprint density at radius 2 is 1.86 bits per heavy atom. The van der Waals surface area contributed by atoms with Crippen molar-refractivity contribution in [3.05, 3.63) is 23.8 Å². The molecule has 204 valence electrons. The second-order valence-electron chi connectivity index (χ2n) is 9.83. The highest BCUT2D eigenvalue weighted by molar-refractivity contribution is 5.69. The molecule has 0 amide bonds. The highest BCUT2D eigenvalue weighted by Crippen LogP contribution is 2.42. The molecule has 0 aliphatic carbocycles. The largest absolute Gasteiger partial charge is 0.504 e. The molecule has 0 radical (unpaired) electrons. The summed E-state index contributed by atoms with van der Waals surface area (Å²) in [6, 6.07) is 5.38. The van der Waals surface area contributed by atoms with E-state index in [-0.39, 0.29) is 35.6 Å². The van der Waals surface area contributed by atoms with Crippen LogP contribution in [0.15, 0.2) is 18.2 Å². The molecule has 0 saturated carbocycles. The first-order valence-electron chi connectivity index (χ1n) is 13.3. The van der Waals surface area contributed by atoms with Crippen molar-refractivity contribution in [2.45, 2.75) is 90.3 Å². The third kappa shape index (κ3) is 9.62. The summed E-state index contributed by atoms with van der Waals surface area (Å²) in [5, 5.41) is 13.5. The van der Waals surface area contributed by atoms with Crippen LogP contribution in [0.3, 0.4) is 0 Å². The fourth-order valence-corrected chi connectivity index (χ4v) is 5.10. The van der Waals surface area contributed by atoms with Gasteiger partial charge in [-0.3, -0.25) is 9.59 Å². The summed E-state index contributed by atoms with van der Waals surface area (Å²) in [5.41, 5.74) is 0.662. The number of carbonyl (C=O) groups excluding carboxylic acids is 2. The standard InChI is InChI=1S/C28H45NO7/c1-5-6-7-9-23(35-21(2)30)19-26(36-27(32)10-8-17-33-3)28(13-15-29-16-14-28)20-22-11-12-24(31)25(18-22)34-4/h11-12,18,23,26,29,31H,5-10,13-17,19-20H2,1-4H3. The number of hydrogen-bond acceptors (Lipinski definition) is 8. The lowest BCUT2D eigenvalue weighted by molar-refractivity contribution is -0.165. The minimum absolute atomic E-state index is 0.0904. The van der Waals surface area contributed by atoms with Gasteiger partial charge in [0.15, 0.2) is 11.5 Å². The van der Waals surface area contributed by atoms with Crippen molar-refractivity contribution in [1.29, 1.82) is 0 Å². The predicted molar refractivity (Wildman–Crippen MR) is 138 cm³/mol. The number of piperidine rings is 1. The van der Waals surface area contributed by atoms with Crippen molar-refractivity contribution < 1.29 is 33.6 Å². The Kier molecular flexibility index (Phi) is 13.1. The zero-order valence-electron chi connectivity index (χ0n) is 22.5. The topological polar surface area (TPSA) is 103 Å². The minimum atomic E-state index is -0.416. The van der Waals surface area contributed by atoms with Crippen molar-refractivity contribution in [1.82, 2.24) is 5.32 Å². The normalized spacial score (nSPS) is 16.7. The van der Waals surface area contributed by atoms with E-state index >= 15 is 0 Å². The van der Waals surface area contributed by atoms with Gasteiger partial charge >= 0.3 is 11.9 Å². The fourth-order valence-electron chi connectivity index (χ4n) is 5.10. The number of ether oxygens (including phenoxy) is 4. The summed E-state index contributed by atoms with van der Waals surface area (Å²) in [6.45, 7) is 5.68. The molecule has 8 nitrogen and oxygen atoms in total. The number of benzene rings is 1. The number of phenolic OH excluding ortho intramolecular Hbond substituents is 1. The van der Waals surface area contributed by atoms with Crippen molar-refractivity contribution in [2.24, 2.45) is 5.41 Å². The van der Waals surface area contributed by atoms with Crippen LogP contribution in [-0.2, 0) is 30.2 Å². The number of hydrogen-bond donors (Lipinski definition) is 2. The Hall–Kier alpha value is -2.32. The molecule has 1 aromatic carbocycles. The number of esters is 2. The maximum absolute atomic E-state index is 12.9. The lowest BCUT2D eigenvalue weighted by atomic mass is 9.68. The van der Waals surface area contributed by atoms with E-state index in [0.717, 1.165) is 57.2 Å². The van der Waals surface area contributed by atoms with E-state index < -0.39 is 6.10 Å². The van der Waals surface area contributed by atoms with Crippen LogP contribution in [0.2, 0.25) is 0 Å². The predicted octanol–water partition coefficient (Wildman–Crippen LogP) is 4.55. The number of nitrogens with one attached hydrogen (secondary N) is 1. The summed E-state index contributed by atoms with van der Waals surface area (Å²) >= 11 is 0. The molecule has 0 spiro atoms. The molecular formula is C28H45NO7. The van der Waals surface area contributed by atoms with Crippen LogP contribution >= 0.6 is 0 Å². The molecule has 36 heavy (non-hydrogen) atoms. The quantitative estimate of drug-likeness (QED) is 0.248. The molecule has 0 aromatic heterocycles. The molecule has 1 aliphatic heterocycles. The molecular weight excluding hydrogens is 462 g/mol. The molecule has 2 atom stereocenters. The van der Waals surface area contributed by atoms with Crippen molar-refractivity contribution in [3.8, 4) is 11.5 Å². The number of aromatic hydroxyl groups is 1. The summed E-state index contributed by atoms with van der Waals surface area (Å²) < 4.78 is 22.4. The molecule has 1 saturated heterocycles. The Morgan fingerprint density at radius 1 is 1.11 bits per heavy atom. The maximum Gasteiger partial charge on any atom is 0.306 e. The molecule has 1 fully saturated rings. The Labute approximate surface area is 216 Å². The lowest BCUT2D eigenvalue weighted by Crippen LogP contribution is -2.49. The zero-order valence-corrected chi connectivity index (χ0v) is 22.5. The molecule has 0 bridgehead atoms. The van der Waals surface area contributed by atoms with Gasteiger partial charge in [-0.05, 0) is 69.3 Å². The highest BCUT2D eigenvalue weighted by atomic mass is 16.6. The second-order valence-corrected chi connectivity index (χ2v) is 9.83. The molecule has 1 aliphatic rings. The second kappa shape index (κ2) is 15.7. The fraction of sp³-hybridized carbons (Fsp3) is 0.714. The van der Waals surface area contributed by atoms with Crippen LogP contribution in [0.25, 0.3) is 0 Å². The van der Waals surface area contributed by atoms with Gasteiger partial charge in [0, 0.05) is 38.9 Å². The number of rotatable bonds is 16. The SMILES string of the molecule is CCCCCC(CC(OC(=O)CCCOC)C1(Cc2ccc(O)c(OC)c2)CCNCC1)OC(C)=O. The van der Waals surface area contributed by atoms with E-state index in [4.69, 9.17) is 18.9 Å². The van der Waals surface area contributed by atoms with Crippen molar-refractivity contribution in [2.75, 3.05) is 33.9 Å². The van der Waals surface area contributed by atoms with E-state index in [9.17, 15) is 14.7 Å². The van der Waals surface area contributed by atoms with Gasteiger partial charge in [0.25, 0.3) is 0 Å². The van der Waals surface area contributed by atoms with Gasteiger partial charge in [0.1, 0.15) is 12.2 Å². The highest BCUT2D eigenvalue weighted by Gasteiger charge is 2.44. The smallest absolute Gasteiger partial charge is 0.306 e. The van der Waals surface area contributed by atoms with Gasteiger partial charge in [-0.15, -0.1) is 0 Å². The first kappa shape index (κ1) is 29.9. The first-order valence-corrected chi connectivity index (χ1v) is 13.3. The summed E-state index contributed by atoms with van der Waals surface area (Å²) in [4.78, 5) is 24.8. The molecule has 2 N–H and O–H groups in total. The van der Waals surface area contributed by atoms with Crippen LogP contribution in [-0.4, -0.2) is 63.2 Å². The van der Waals surface area contributed by atoms with E-state index in [1.807, 2.05) is 12.1 Å². The van der Waals surface area contributed by atoms with E-state index in [1.165, 1.54) is 14.0 Å². The minimum Gasteiger partial charge on any atom is -0.504 e. The monoisotopic (exact) mass is 507 g/mol. The van der Waals surface area contributed by atoms with Gasteiger partial charge in [0.2, 0.25) is 0 Å². The van der Waals surface area contributed by atoms with E-state index in [2.05, 4.69) is 12.2 Å². The zero-order chi connectivity index (χ0) is 26.4. The van der Waals surface area contributed by atoms with Gasteiger partial charge in [-0.1, -0.05) is 25.8 Å². The van der Waals surface area contributed by atoms with E-state index in [0.29, 0.717) is 31.6 Å². The maximum atomic E-state index is 12.9. The van der Waals surface area contributed by atoms with Crippen LogP contribution in [0, 0.1) is 5.41 Å². The Morgan fingerprint density at radius 3 is 2.50 bits per heavy atom. The van der Waals surface area contributed by atoms with Gasteiger partial charge < -0.3 is 29.4 Å². The molecule has 8 heteroatoms. The van der Waals surface area contributed by atoms with Crippen LogP contribution < -0.4 is 10.1 Å². The summed E-state index contributed by atoms with van der Waals surface area (Å²) in [6.07, 6.45) is 6.71. The van der Waals surface area contributed by atoms with Gasteiger partial charge in [-0.2, -0.15) is 0 Å². The number of phenols is 1. The Balaban J connectivity index is 2.36. The molecule has 2 rings (SSSR count). The van der Waals surface area contributed by atoms with Gasteiger partial charge in [-0.25, -0.2) is 0 Å². The number of methoxy groups -OCH3 is 2. The molecule has 1 aromatic rings. The average Bonchev–Trinajstić information content (AvgIpc) is 2.85. The van der Waals surface area contributed by atoms with Crippen molar-refractivity contribution >= 4 is 11.9 Å². The van der Waals surface area contributed by atoms with Crippen LogP contribution in [0.5, 0.6) is 11.5 Å². The Bertz CT molecular complexity index is 807. The third-order valence-corrected chi connectivity index (χ3v) is 7.02. The molecule has 2 unspecified atom stereocenters. The third-order valence-electron chi connectivity index (χ3n) is 7.02. The average molecular weight is 508 g/mol. The summed E-state index contributed by atoms with van der Waals surface area (Å²) in [5.74, 6) is -0.0627. The van der Waals surface area contributed by atoms with Crippen molar-refractivity contribution in [3.63, 3.8) is 0 Å². The summed E-state index contributed by atoms with van der Waals surface area (Å²) in [7, 11) is 3.15. The number of unbranched alkanes of at least 4 members (excludes halogenated alkanes) is 2. The van der Waals surface area contributed by atoms with Crippen LogP contribution in [0.4, 0.5) is 0 Å². The van der Waals surface area contributed by atoms with E-state index in [1.54, 1.807) is 13.2 Å². The lowest BCUT2D eigenvalue weighted by Gasteiger charge is -2.44. The van der Waals surface area contributed by atoms with Gasteiger partial charge in [0.05, 0.1) is 7.11 Å². The number of carbonyl (C=O) groups is 2. The molecule has 1 heterocycles.